The van der Waals surface area contributed by atoms with Crippen LogP contribution in [0.5, 0.6) is 0 Å². The molecule has 0 aliphatic rings. The maximum absolute atomic E-state index is 14.6. The lowest BCUT2D eigenvalue weighted by Gasteiger charge is -2.21. The smallest absolute Gasteiger partial charge is 0.342 e. The summed E-state index contributed by atoms with van der Waals surface area (Å²) in [7, 11) is -4.00. The minimum Gasteiger partial charge on any atom is -0.464 e. The van der Waals surface area contributed by atoms with Crippen molar-refractivity contribution in [2.75, 3.05) is 6.61 Å². The van der Waals surface area contributed by atoms with Gasteiger partial charge >= 0.3 is 5.97 Å². The Hall–Kier alpha value is -2.25. The predicted octanol–water partition coefficient (Wildman–Crippen LogP) is 2.61. The van der Waals surface area contributed by atoms with Gasteiger partial charge in [0.05, 0.1) is 17.5 Å². The summed E-state index contributed by atoms with van der Waals surface area (Å²) >= 11 is 0. The predicted molar refractivity (Wildman–Crippen MR) is 87.5 cm³/mol. The van der Waals surface area contributed by atoms with Crippen LogP contribution < -0.4 is 4.72 Å². The van der Waals surface area contributed by atoms with Gasteiger partial charge in [-0.15, -0.1) is 0 Å². The molecular weight excluding hydrogens is 333 g/mol. The zero-order valence-electron chi connectivity index (χ0n) is 13.1. The second-order valence-electron chi connectivity index (χ2n) is 4.98. The zero-order chi connectivity index (χ0) is 17.6. The lowest BCUT2D eigenvalue weighted by Crippen LogP contribution is -2.38. The van der Waals surface area contributed by atoms with Crippen molar-refractivity contribution in [1.29, 1.82) is 0 Å². The summed E-state index contributed by atoms with van der Waals surface area (Å²) in [5.41, 5.74) is 0.331. The monoisotopic (exact) mass is 351 g/mol. The summed E-state index contributed by atoms with van der Waals surface area (Å²) in [6.45, 7) is 1.56. The van der Waals surface area contributed by atoms with Gasteiger partial charge in [0.25, 0.3) is 0 Å². The summed E-state index contributed by atoms with van der Waals surface area (Å²) in [6.07, 6.45) is -2.16. The molecule has 2 atom stereocenters. The second kappa shape index (κ2) is 8.03. The number of carbonyl (C=O) groups is 1. The molecule has 0 spiro atoms. The maximum atomic E-state index is 14.6. The van der Waals surface area contributed by atoms with Crippen molar-refractivity contribution in [1.82, 2.24) is 4.72 Å². The highest BCUT2D eigenvalue weighted by atomic mass is 32.2. The van der Waals surface area contributed by atoms with Crippen LogP contribution in [0.25, 0.3) is 0 Å². The molecule has 0 saturated carbocycles. The van der Waals surface area contributed by atoms with Crippen molar-refractivity contribution in [2.45, 2.75) is 24.0 Å². The van der Waals surface area contributed by atoms with E-state index < -0.39 is 28.2 Å². The van der Waals surface area contributed by atoms with Crippen LogP contribution in [0.3, 0.4) is 0 Å². The number of ether oxygens (including phenoxy) is 1. The SMILES string of the molecule is CCOC(=O)C(F)[C@H](NS(=O)(=O)c1ccccc1)c1ccccc1. The Bertz CT molecular complexity index is 766. The van der Waals surface area contributed by atoms with Crippen molar-refractivity contribution in [3.63, 3.8) is 0 Å². The third kappa shape index (κ3) is 4.39. The second-order valence-corrected chi connectivity index (χ2v) is 6.69. The summed E-state index contributed by atoms with van der Waals surface area (Å²) < 4.78 is 46.5. The van der Waals surface area contributed by atoms with Crippen molar-refractivity contribution in [3.05, 3.63) is 66.2 Å². The number of carbonyl (C=O) groups excluding carboxylic acids is 1. The number of hydrogen-bond acceptors (Lipinski definition) is 4. The number of benzene rings is 2. The highest BCUT2D eigenvalue weighted by molar-refractivity contribution is 7.89. The Labute approximate surface area is 140 Å². The van der Waals surface area contributed by atoms with Crippen LogP contribution in [0.4, 0.5) is 4.39 Å². The van der Waals surface area contributed by atoms with Gasteiger partial charge in [-0.1, -0.05) is 48.5 Å². The molecule has 1 unspecified atom stereocenters. The van der Waals surface area contributed by atoms with Gasteiger partial charge in [0.1, 0.15) is 0 Å². The summed E-state index contributed by atoms with van der Waals surface area (Å²) in [5, 5.41) is 0. The molecule has 0 aromatic heterocycles. The molecule has 2 aromatic rings. The first kappa shape index (κ1) is 18.1. The fourth-order valence-electron chi connectivity index (χ4n) is 2.15. The third-order valence-corrected chi connectivity index (χ3v) is 4.76. The van der Waals surface area contributed by atoms with Crippen molar-refractivity contribution >= 4 is 16.0 Å². The molecule has 2 aromatic carbocycles. The molecule has 2 rings (SSSR count). The van der Waals surface area contributed by atoms with E-state index in [1.54, 1.807) is 55.5 Å². The van der Waals surface area contributed by atoms with Gasteiger partial charge in [0.15, 0.2) is 0 Å². The van der Waals surface area contributed by atoms with E-state index in [0.29, 0.717) is 5.56 Å². The topological polar surface area (TPSA) is 72.5 Å². The van der Waals surface area contributed by atoms with E-state index in [1.165, 1.54) is 12.1 Å². The van der Waals surface area contributed by atoms with Crippen LogP contribution in [0.1, 0.15) is 18.5 Å². The minimum atomic E-state index is -4.00. The summed E-state index contributed by atoms with van der Waals surface area (Å²) in [6, 6.07) is 14.3. The Morgan fingerprint density at radius 2 is 1.62 bits per heavy atom. The van der Waals surface area contributed by atoms with Crippen molar-refractivity contribution in [2.24, 2.45) is 0 Å². The van der Waals surface area contributed by atoms with Gasteiger partial charge < -0.3 is 4.74 Å². The molecule has 24 heavy (non-hydrogen) atoms. The molecule has 0 saturated heterocycles. The van der Waals surface area contributed by atoms with E-state index in [0.717, 1.165) is 0 Å². The average molecular weight is 351 g/mol. The molecule has 0 radical (unpaired) electrons. The highest BCUT2D eigenvalue weighted by Gasteiger charge is 2.34. The molecule has 5 nitrogen and oxygen atoms in total. The third-order valence-electron chi connectivity index (χ3n) is 3.30. The van der Waals surface area contributed by atoms with E-state index >= 15 is 0 Å². The quantitative estimate of drug-likeness (QED) is 0.778. The molecule has 128 valence electrons. The lowest BCUT2D eigenvalue weighted by atomic mass is 10.0. The first-order valence-corrected chi connectivity index (χ1v) is 8.87. The summed E-state index contributed by atoms with van der Waals surface area (Å²) in [4.78, 5) is 11.7. The highest BCUT2D eigenvalue weighted by Crippen LogP contribution is 2.23. The van der Waals surface area contributed by atoms with Gasteiger partial charge in [-0.3, -0.25) is 0 Å². The number of rotatable bonds is 7. The molecule has 0 heterocycles. The molecule has 0 aliphatic carbocycles. The van der Waals surface area contributed by atoms with Crippen LogP contribution in [0.15, 0.2) is 65.6 Å². The van der Waals surface area contributed by atoms with Gasteiger partial charge in [-0.05, 0) is 24.6 Å². The Morgan fingerprint density at radius 3 is 2.17 bits per heavy atom. The van der Waals surface area contributed by atoms with Crippen molar-refractivity contribution < 1.29 is 22.3 Å². The van der Waals surface area contributed by atoms with E-state index in [9.17, 15) is 17.6 Å². The molecule has 7 heteroatoms. The number of esters is 1. The average Bonchev–Trinajstić information content (AvgIpc) is 2.61. The Morgan fingerprint density at radius 1 is 1.08 bits per heavy atom. The van der Waals surface area contributed by atoms with Crippen LogP contribution >= 0.6 is 0 Å². The fraction of sp³-hybridized carbons (Fsp3) is 0.235. The van der Waals surface area contributed by atoms with E-state index in [-0.39, 0.29) is 11.5 Å². The molecule has 0 fully saturated rings. The summed E-state index contributed by atoms with van der Waals surface area (Å²) in [5.74, 6) is -1.11. The molecule has 0 bridgehead atoms. The lowest BCUT2D eigenvalue weighted by molar-refractivity contribution is -0.150. The van der Waals surface area contributed by atoms with E-state index in [4.69, 9.17) is 0 Å². The molecule has 0 aliphatic heterocycles. The van der Waals surface area contributed by atoms with Crippen LogP contribution in [-0.4, -0.2) is 27.2 Å². The van der Waals surface area contributed by atoms with Crippen LogP contribution in [-0.2, 0) is 19.6 Å². The first-order chi connectivity index (χ1) is 11.5. The Kier molecular flexibility index (Phi) is 6.05. The van der Waals surface area contributed by atoms with E-state index in [1.807, 2.05) is 0 Å². The van der Waals surface area contributed by atoms with Crippen molar-refractivity contribution in [3.8, 4) is 0 Å². The number of hydrogen-bond donors (Lipinski definition) is 1. The molecule has 1 N–H and O–H groups in total. The maximum Gasteiger partial charge on any atom is 0.342 e. The van der Waals surface area contributed by atoms with Gasteiger partial charge in [0.2, 0.25) is 16.2 Å². The largest absolute Gasteiger partial charge is 0.464 e. The normalized spacial score (nSPS) is 13.9. The zero-order valence-corrected chi connectivity index (χ0v) is 13.9. The number of halogens is 1. The van der Waals surface area contributed by atoms with Crippen LogP contribution in [0.2, 0.25) is 0 Å². The Balaban J connectivity index is 2.35. The van der Waals surface area contributed by atoms with Gasteiger partial charge in [-0.2, -0.15) is 0 Å². The van der Waals surface area contributed by atoms with E-state index in [2.05, 4.69) is 9.46 Å². The molecule has 0 amide bonds. The number of nitrogens with one attached hydrogen (secondary N) is 1. The molecular formula is C17H18FNO4S. The fourth-order valence-corrected chi connectivity index (χ4v) is 3.39. The first-order valence-electron chi connectivity index (χ1n) is 7.38. The minimum absolute atomic E-state index is 0.00615. The number of sulfonamides is 1. The van der Waals surface area contributed by atoms with Gasteiger partial charge in [-0.25, -0.2) is 22.3 Å². The van der Waals surface area contributed by atoms with Crippen LogP contribution in [0, 0.1) is 0 Å². The standard InChI is InChI=1S/C17H18FNO4S/c1-2-23-17(20)15(18)16(13-9-5-3-6-10-13)19-24(21,22)14-11-7-4-8-12-14/h3-12,15-16,19H,2H2,1H3/t15?,16-/m1/s1. The van der Waals surface area contributed by atoms with Gasteiger partial charge in [0, 0.05) is 0 Å². The number of alkyl halides is 1.